The van der Waals surface area contributed by atoms with Gasteiger partial charge in [-0.1, -0.05) is 26.8 Å². The lowest BCUT2D eigenvalue weighted by molar-refractivity contribution is -0.133. The van der Waals surface area contributed by atoms with Gasteiger partial charge in [0.05, 0.1) is 5.69 Å². The highest BCUT2D eigenvalue weighted by molar-refractivity contribution is 5.81. The van der Waals surface area contributed by atoms with Crippen molar-refractivity contribution in [2.45, 2.75) is 40.2 Å². The van der Waals surface area contributed by atoms with Gasteiger partial charge in [-0.2, -0.15) is 0 Å². The van der Waals surface area contributed by atoms with Crippen molar-refractivity contribution in [3.05, 3.63) is 30.1 Å². The van der Waals surface area contributed by atoms with Crippen LogP contribution >= 0.6 is 0 Å². The Bertz CT molecular complexity index is 561. The van der Waals surface area contributed by atoms with E-state index in [0.29, 0.717) is 19.4 Å². The molecule has 0 spiro atoms. The van der Waals surface area contributed by atoms with Crippen molar-refractivity contribution in [3.8, 4) is 0 Å². The van der Waals surface area contributed by atoms with Crippen molar-refractivity contribution in [3.63, 3.8) is 0 Å². The quantitative estimate of drug-likeness (QED) is 0.796. The first-order chi connectivity index (χ1) is 11.9. The number of amides is 2. The summed E-state index contributed by atoms with van der Waals surface area (Å²) in [6.45, 7) is 10.3. The first kappa shape index (κ1) is 19.4. The van der Waals surface area contributed by atoms with E-state index in [4.69, 9.17) is 0 Å². The third kappa shape index (κ3) is 6.46. The van der Waals surface area contributed by atoms with Gasteiger partial charge in [0.1, 0.15) is 0 Å². The molecule has 1 saturated heterocycles. The van der Waals surface area contributed by atoms with Crippen LogP contribution in [0, 0.1) is 5.41 Å². The number of carbonyl (C=O) groups excluding carboxylic acids is 2. The maximum Gasteiger partial charge on any atom is 0.225 e. The number of pyridine rings is 1. The van der Waals surface area contributed by atoms with E-state index in [1.54, 1.807) is 0 Å². The summed E-state index contributed by atoms with van der Waals surface area (Å²) in [4.78, 5) is 32.7. The molecule has 1 aliphatic heterocycles. The Balaban J connectivity index is 1.63. The first-order valence-electron chi connectivity index (χ1n) is 9.04. The zero-order valence-corrected chi connectivity index (χ0v) is 15.6. The van der Waals surface area contributed by atoms with Gasteiger partial charge in [0.15, 0.2) is 0 Å². The van der Waals surface area contributed by atoms with Crippen LogP contribution in [0.4, 0.5) is 0 Å². The van der Waals surface area contributed by atoms with E-state index >= 15 is 0 Å². The maximum atomic E-state index is 12.3. The molecule has 1 fully saturated rings. The average molecular weight is 346 g/mol. The third-order valence-corrected chi connectivity index (χ3v) is 4.37. The largest absolute Gasteiger partial charge is 0.356 e. The highest BCUT2D eigenvalue weighted by atomic mass is 16.2. The van der Waals surface area contributed by atoms with Crippen molar-refractivity contribution < 1.29 is 9.59 Å². The minimum Gasteiger partial charge on any atom is -0.356 e. The predicted molar refractivity (Wildman–Crippen MR) is 97.8 cm³/mol. The second-order valence-corrected chi connectivity index (χ2v) is 7.59. The fourth-order valence-corrected chi connectivity index (χ4v) is 2.74. The van der Waals surface area contributed by atoms with E-state index in [0.717, 1.165) is 38.4 Å². The fourth-order valence-electron chi connectivity index (χ4n) is 2.74. The van der Waals surface area contributed by atoms with Crippen LogP contribution in [0.5, 0.6) is 0 Å². The Morgan fingerprint density at radius 1 is 1.16 bits per heavy atom. The fraction of sp³-hybridized carbons (Fsp3) is 0.632. The molecule has 6 heteroatoms. The molecule has 2 amide bonds. The summed E-state index contributed by atoms with van der Waals surface area (Å²) in [5, 5.41) is 2.89. The number of aromatic nitrogens is 1. The summed E-state index contributed by atoms with van der Waals surface area (Å²) in [6, 6.07) is 5.95. The van der Waals surface area contributed by atoms with E-state index in [9.17, 15) is 9.59 Å². The lowest BCUT2D eigenvalue weighted by Crippen LogP contribution is -2.48. The number of hydrogen-bond acceptors (Lipinski definition) is 4. The monoisotopic (exact) mass is 346 g/mol. The van der Waals surface area contributed by atoms with Gasteiger partial charge in [-0.3, -0.25) is 19.5 Å². The summed E-state index contributed by atoms with van der Waals surface area (Å²) >= 11 is 0. The molecule has 1 aliphatic rings. The van der Waals surface area contributed by atoms with E-state index in [2.05, 4.69) is 15.2 Å². The smallest absolute Gasteiger partial charge is 0.225 e. The number of carbonyl (C=O) groups is 2. The van der Waals surface area contributed by atoms with E-state index < -0.39 is 0 Å². The highest BCUT2D eigenvalue weighted by Gasteiger charge is 2.22. The molecule has 1 aromatic rings. The average Bonchev–Trinajstić information content (AvgIpc) is 2.59. The first-order valence-corrected chi connectivity index (χ1v) is 9.04. The van der Waals surface area contributed by atoms with Gasteiger partial charge in [-0.05, 0) is 18.6 Å². The van der Waals surface area contributed by atoms with Crippen molar-refractivity contribution in [2.75, 3.05) is 32.7 Å². The maximum absolute atomic E-state index is 12.3. The summed E-state index contributed by atoms with van der Waals surface area (Å²) < 4.78 is 0. The summed E-state index contributed by atoms with van der Waals surface area (Å²) in [6.07, 6.45) is 2.99. The van der Waals surface area contributed by atoms with Crippen LogP contribution in [0.15, 0.2) is 24.4 Å². The lowest BCUT2D eigenvalue weighted by Gasteiger charge is -2.34. The van der Waals surface area contributed by atoms with Gasteiger partial charge in [-0.15, -0.1) is 0 Å². The zero-order valence-electron chi connectivity index (χ0n) is 15.6. The molecule has 138 valence electrons. The molecule has 0 atom stereocenters. The van der Waals surface area contributed by atoms with Gasteiger partial charge in [-0.25, -0.2) is 0 Å². The number of rotatable bonds is 6. The SMILES string of the molecule is CC(C)(C)C(=O)NCCCC(=O)N1CCN(Cc2ccccn2)CC1. The Hall–Kier alpha value is -1.95. The molecule has 2 heterocycles. The van der Waals surface area contributed by atoms with Crippen LogP contribution in [0.3, 0.4) is 0 Å². The number of piperazine rings is 1. The molecule has 0 bridgehead atoms. The Kier molecular flexibility index (Phi) is 6.93. The van der Waals surface area contributed by atoms with Crippen LogP contribution < -0.4 is 5.32 Å². The van der Waals surface area contributed by atoms with Crippen molar-refractivity contribution >= 4 is 11.8 Å². The van der Waals surface area contributed by atoms with Gasteiger partial charge < -0.3 is 10.2 Å². The molecule has 6 nitrogen and oxygen atoms in total. The zero-order chi connectivity index (χ0) is 18.3. The molecule has 2 rings (SSSR count). The minimum absolute atomic E-state index is 0.0306. The second kappa shape index (κ2) is 8.94. The minimum atomic E-state index is -0.381. The highest BCUT2D eigenvalue weighted by Crippen LogP contribution is 2.12. The molecule has 25 heavy (non-hydrogen) atoms. The van der Waals surface area contributed by atoms with Crippen LogP contribution in [-0.4, -0.2) is 59.3 Å². The van der Waals surface area contributed by atoms with Gasteiger partial charge in [0, 0.05) is 57.3 Å². The van der Waals surface area contributed by atoms with Crippen LogP contribution in [0.2, 0.25) is 0 Å². The van der Waals surface area contributed by atoms with E-state index in [1.807, 2.05) is 50.1 Å². The molecule has 0 saturated carbocycles. The van der Waals surface area contributed by atoms with Crippen LogP contribution in [0.25, 0.3) is 0 Å². The second-order valence-electron chi connectivity index (χ2n) is 7.59. The molecular formula is C19H30N4O2. The lowest BCUT2D eigenvalue weighted by atomic mass is 9.96. The van der Waals surface area contributed by atoms with E-state index in [-0.39, 0.29) is 17.2 Å². The molecule has 1 N–H and O–H groups in total. The molecule has 1 aromatic heterocycles. The van der Waals surface area contributed by atoms with Gasteiger partial charge >= 0.3 is 0 Å². The Labute approximate surface area is 150 Å². The summed E-state index contributed by atoms with van der Waals surface area (Å²) in [5.41, 5.74) is 0.686. The Morgan fingerprint density at radius 3 is 2.48 bits per heavy atom. The predicted octanol–water partition coefficient (Wildman–Crippen LogP) is 1.67. The van der Waals surface area contributed by atoms with Crippen molar-refractivity contribution in [1.29, 1.82) is 0 Å². The van der Waals surface area contributed by atoms with Crippen LogP contribution in [-0.2, 0) is 16.1 Å². The third-order valence-electron chi connectivity index (χ3n) is 4.37. The molecule has 0 aliphatic carbocycles. The van der Waals surface area contributed by atoms with E-state index in [1.165, 1.54) is 0 Å². The molecule has 0 radical (unpaired) electrons. The summed E-state index contributed by atoms with van der Waals surface area (Å²) in [7, 11) is 0. The number of nitrogens with one attached hydrogen (secondary N) is 1. The standard InChI is InChI=1S/C19H30N4O2/c1-19(2,3)18(25)21-10-6-8-17(24)23-13-11-22(12-14-23)15-16-7-4-5-9-20-16/h4-5,7,9H,6,8,10-15H2,1-3H3,(H,21,25). The topological polar surface area (TPSA) is 65.5 Å². The molecular weight excluding hydrogens is 316 g/mol. The molecule has 0 unspecified atom stereocenters. The number of hydrogen-bond donors (Lipinski definition) is 1. The number of nitrogens with zero attached hydrogens (tertiary/aromatic N) is 3. The van der Waals surface area contributed by atoms with Crippen LogP contribution in [0.1, 0.15) is 39.3 Å². The normalized spacial score (nSPS) is 15.9. The van der Waals surface area contributed by atoms with Gasteiger partial charge in [0.2, 0.25) is 11.8 Å². The van der Waals surface area contributed by atoms with Gasteiger partial charge in [0.25, 0.3) is 0 Å². The summed E-state index contributed by atoms with van der Waals surface area (Å²) in [5.74, 6) is 0.213. The Morgan fingerprint density at radius 2 is 1.88 bits per heavy atom. The van der Waals surface area contributed by atoms with Crippen molar-refractivity contribution in [1.82, 2.24) is 20.1 Å². The van der Waals surface area contributed by atoms with Crippen molar-refractivity contribution in [2.24, 2.45) is 5.41 Å². The molecule has 0 aromatic carbocycles.